The molecule has 2 atom stereocenters. The Hall–Kier alpha value is -3.95. The Bertz CT molecular complexity index is 1290. The molecule has 1 saturated carbocycles. The number of benzene rings is 1. The van der Waals surface area contributed by atoms with Crippen molar-refractivity contribution in [2.24, 2.45) is 0 Å². The third kappa shape index (κ3) is 6.44. The molecule has 0 bridgehead atoms. The fourth-order valence-electron chi connectivity index (χ4n) is 4.41. The molecular weight excluding hydrogens is 477 g/mol. The van der Waals surface area contributed by atoms with Crippen LogP contribution in [0.1, 0.15) is 56.8 Å². The molecule has 1 fully saturated rings. The zero-order chi connectivity index (χ0) is 26.6. The van der Waals surface area contributed by atoms with Gasteiger partial charge in [0.15, 0.2) is 11.6 Å². The molecule has 0 spiro atoms. The highest BCUT2D eigenvalue weighted by atomic mass is 19.1. The SMILES string of the molecule is COC(=O)c1cc(F)c(N[C@@H]2CCCC[C@@H]2NC(=O)OC(C)(C)C)nc1Nc1cncc2ccccc12. The zero-order valence-electron chi connectivity index (χ0n) is 21.4. The molecule has 10 heteroatoms. The number of methoxy groups -OCH3 is 1. The predicted octanol–water partition coefficient (Wildman–Crippen LogP) is 5.55. The average molecular weight is 510 g/mol. The van der Waals surface area contributed by atoms with Gasteiger partial charge in [0.1, 0.15) is 17.0 Å². The Labute approximate surface area is 215 Å². The number of amides is 1. The van der Waals surface area contributed by atoms with E-state index in [0.29, 0.717) is 18.5 Å². The molecule has 0 aliphatic heterocycles. The number of alkyl carbamates (subject to hydrolysis) is 1. The van der Waals surface area contributed by atoms with Crippen LogP contribution in [0.15, 0.2) is 42.7 Å². The molecule has 196 valence electrons. The molecule has 1 aromatic carbocycles. The maximum Gasteiger partial charge on any atom is 0.407 e. The van der Waals surface area contributed by atoms with Crippen molar-refractivity contribution in [2.45, 2.75) is 64.1 Å². The van der Waals surface area contributed by atoms with Gasteiger partial charge < -0.3 is 25.4 Å². The minimum Gasteiger partial charge on any atom is -0.465 e. The normalized spacial score (nSPS) is 17.6. The Kier molecular flexibility index (Phi) is 7.75. The van der Waals surface area contributed by atoms with Crippen LogP contribution in [0.2, 0.25) is 0 Å². The third-order valence-electron chi connectivity index (χ3n) is 6.09. The molecule has 3 aromatic rings. The lowest BCUT2D eigenvalue weighted by atomic mass is 9.90. The van der Waals surface area contributed by atoms with Crippen molar-refractivity contribution in [3.8, 4) is 0 Å². The molecule has 0 unspecified atom stereocenters. The van der Waals surface area contributed by atoms with Crippen LogP contribution in [0.3, 0.4) is 0 Å². The number of ether oxygens (including phenoxy) is 2. The number of nitrogens with one attached hydrogen (secondary N) is 3. The van der Waals surface area contributed by atoms with E-state index in [1.165, 1.54) is 7.11 Å². The monoisotopic (exact) mass is 509 g/mol. The summed E-state index contributed by atoms with van der Waals surface area (Å²) in [6.07, 6.45) is 6.08. The number of pyridine rings is 2. The van der Waals surface area contributed by atoms with Gasteiger partial charge in [0.25, 0.3) is 0 Å². The molecule has 2 heterocycles. The molecule has 0 saturated heterocycles. The first-order valence-corrected chi connectivity index (χ1v) is 12.3. The lowest BCUT2D eigenvalue weighted by Crippen LogP contribution is -2.50. The number of hydrogen-bond donors (Lipinski definition) is 3. The van der Waals surface area contributed by atoms with Gasteiger partial charge in [-0.15, -0.1) is 0 Å². The van der Waals surface area contributed by atoms with Gasteiger partial charge in [0, 0.05) is 23.0 Å². The van der Waals surface area contributed by atoms with E-state index in [0.717, 1.165) is 29.7 Å². The minimum absolute atomic E-state index is 0.0359. The lowest BCUT2D eigenvalue weighted by molar-refractivity contribution is 0.0487. The van der Waals surface area contributed by atoms with Crippen LogP contribution in [0, 0.1) is 5.82 Å². The Balaban J connectivity index is 1.63. The van der Waals surface area contributed by atoms with E-state index in [2.05, 4.69) is 25.9 Å². The Morgan fingerprint density at radius 1 is 1.05 bits per heavy atom. The van der Waals surface area contributed by atoms with Gasteiger partial charge in [0.2, 0.25) is 0 Å². The first-order valence-electron chi connectivity index (χ1n) is 12.3. The van der Waals surface area contributed by atoms with Crippen LogP contribution >= 0.6 is 0 Å². The number of carbonyl (C=O) groups is 2. The topological polar surface area (TPSA) is 114 Å². The van der Waals surface area contributed by atoms with Crippen molar-refractivity contribution in [1.82, 2.24) is 15.3 Å². The van der Waals surface area contributed by atoms with E-state index in [-0.39, 0.29) is 29.3 Å². The van der Waals surface area contributed by atoms with Crippen molar-refractivity contribution >= 4 is 40.2 Å². The second-order valence-corrected chi connectivity index (χ2v) is 10.0. The van der Waals surface area contributed by atoms with Crippen LogP contribution < -0.4 is 16.0 Å². The molecule has 3 N–H and O–H groups in total. The van der Waals surface area contributed by atoms with E-state index < -0.39 is 23.5 Å². The zero-order valence-corrected chi connectivity index (χ0v) is 21.4. The van der Waals surface area contributed by atoms with Gasteiger partial charge >= 0.3 is 12.1 Å². The molecule has 0 radical (unpaired) electrons. The van der Waals surface area contributed by atoms with Crippen molar-refractivity contribution in [3.63, 3.8) is 0 Å². The van der Waals surface area contributed by atoms with Gasteiger partial charge in [-0.1, -0.05) is 37.1 Å². The number of aromatic nitrogens is 2. The molecule has 1 aliphatic rings. The molecule has 1 aliphatic carbocycles. The summed E-state index contributed by atoms with van der Waals surface area (Å²) in [6, 6.07) is 8.16. The summed E-state index contributed by atoms with van der Waals surface area (Å²) in [5.74, 6) is -1.34. The number of carbonyl (C=O) groups excluding carboxylic acids is 2. The smallest absolute Gasteiger partial charge is 0.407 e. The number of halogens is 1. The van der Waals surface area contributed by atoms with E-state index in [1.54, 1.807) is 33.2 Å². The highest BCUT2D eigenvalue weighted by Crippen LogP contribution is 2.30. The lowest BCUT2D eigenvalue weighted by Gasteiger charge is -2.34. The molecule has 2 aromatic heterocycles. The quantitative estimate of drug-likeness (QED) is 0.371. The summed E-state index contributed by atoms with van der Waals surface area (Å²) >= 11 is 0. The standard InChI is InChI=1S/C27H32FN5O4/c1-27(2,3)37-26(35)32-21-12-8-7-11-20(21)30-24-19(28)13-18(25(34)36-4)23(33-24)31-22-15-29-14-16-9-5-6-10-17(16)22/h5-6,9-10,13-15,20-21H,7-8,11-12H2,1-4H3,(H,32,35)(H2,30,31,33)/t20-,21+/m1/s1. The maximum atomic E-state index is 15.2. The van der Waals surface area contributed by atoms with Crippen molar-refractivity contribution in [3.05, 3.63) is 54.1 Å². The Morgan fingerprint density at radius 2 is 1.78 bits per heavy atom. The molecule has 37 heavy (non-hydrogen) atoms. The maximum absolute atomic E-state index is 15.2. The molecule has 4 rings (SSSR count). The first kappa shape index (κ1) is 26.1. The van der Waals surface area contributed by atoms with Crippen molar-refractivity contribution in [2.75, 3.05) is 17.7 Å². The van der Waals surface area contributed by atoms with Crippen molar-refractivity contribution in [1.29, 1.82) is 0 Å². The number of hydrogen-bond acceptors (Lipinski definition) is 8. The van der Waals surface area contributed by atoms with E-state index in [9.17, 15) is 9.59 Å². The van der Waals surface area contributed by atoms with Gasteiger partial charge in [-0.2, -0.15) is 0 Å². The van der Waals surface area contributed by atoms with E-state index in [4.69, 9.17) is 9.47 Å². The summed E-state index contributed by atoms with van der Waals surface area (Å²) in [5.41, 5.74) is -0.0724. The van der Waals surface area contributed by atoms with Gasteiger partial charge in [-0.25, -0.2) is 19.0 Å². The van der Waals surface area contributed by atoms with Crippen LogP contribution in [-0.2, 0) is 9.47 Å². The average Bonchev–Trinajstić information content (AvgIpc) is 2.85. The second kappa shape index (κ2) is 11.0. The Morgan fingerprint density at radius 3 is 2.51 bits per heavy atom. The fourth-order valence-corrected chi connectivity index (χ4v) is 4.41. The largest absolute Gasteiger partial charge is 0.465 e. The predicted molar refractivity (Wildman–Crippen MR) is 140 cm³/mol. The summed E-state index contributed by atoms with van der Waals surface area (Å²) in [5, 5.41) is 10.9. The second-order valence-electron chi connectivity index (χ2n) is 10.0. The van der Waals surface area contributed by atoms with Crippen LogP contribution in [0.5, 0.6) is 0 Å². The third-order valence-corrected chi connectivity index (χ3v) is 6.09. The van der Waals surface area contributed by atoms with Crippen LogP contribution in [-0.4, -0.2) is 46.8 Å². The molecule has 9 nitrogen and oxygen atoms in total. The molecule has 1 amide bonds. The van der Waals surface area contributed by atoms with Crippen molar-refractivity contribution < 1.29 is 23.5 Å². The number of nitrogens with zero attached hydrogens (tertiary/aromatic N) is 2. The summed E-state index contributed by atoms with van der Waals surface area (Å²) in [7, 11) is 1.23. The number of fused-ring (bicyclic) bond motifs is 1. The summed E-state index contributed by atoms with van der Waals surface area (Å²) in [4.78, 5) is 33.5. The van der Waals surface area contributed by atoms with E-state index >= 15 is 4.39 Å². The molecular formula is C27H32FN5O4. The highest BCUT2D eigenvalue weighted by Gasteiger charge is 2.30. The summed E-state index contributed by atoms with van der Waals surface area (Å²) < 4.78 is 25.5. The van der Waals surface area contributed by atoms with Gasteiger partial charge in [0.05, 0.1) is 25.0 Å². The van der Waals surface area contributed by atoms with Crippen LogP contribution in [0.4, 0.5) is 26.5 Å². The fraction of sp³-hybridized carbons (Fsp3) is 0.407. The van der Waals surface area contributed by atoms with Crippen LogP contribution in [0.25, 0.3) is 10.8 Å². The highest BCUT2D eigenvalue weighted by molar-refractivity contribution is 5.99. The van der Waals surface area contributed by atoms with Gasteiger partial charge in [-0.3, -0.25) is 4.98 Å². The number of anilines is 3. The number of esters is 1. The minimum atomic E-state index is -0.726. The first-order chi connectivity index (χ1) is 17.6. The van der Waals surface area contributed by atoms with Gasteiger partial charge in [-0.05, 0) is 39.7 Å². The van der Waals surface area contributed by atoms with E-state index in [1.807, 2.05) is 24.3 Å². The summed E-state index contributed by atoms with van der Waals surface area (Å²) in [6.45, 7) is 5.39. The number of rotatable bonds is 6.